The number of fused-ring (bicyclic) bond motifs is 1. The van der Waals surface area contributed by atoms with Gasteiger partial charge >= 0.3 is 0 Å². The van der Waals surface area contributed by atoms with Crippen LogP contribution in [0.5, 0.6) is 0 Å². The Kier molecular flexibility index (Phi) is 2.42. The van der Waals surface area contributed by atoms with E-state index in [4.69, 9.17) is 0 Å². The van der Waals surface area contributed by atoms with Crippen LogP contribution in [-0.4, -0.2) is 23.6 Å². The van der Waals surface area contributed by atoms with Gasteiger partial charge in [-0.3, -0.25) is 0 Å². The number of halogens is 1. The number of nitrogens with zero attached hydrogens (tertiary/aromatic N) is 2. The minimum absolute atomic E-state index is 0.918. The Morgan fingerprint density at radius 3 is 2.50 bits per heavy atom. The molecule has 0 spiro atoms. The topological polar surface area (TPSA) is 15.6 Å². The number of benzene rings is 1. The molecule has 0 unspecified atom stereocenters. The maximum Gasteiger partial charge on any atom is 0.114 e. The average Bonchev–Trinajstić information content (AvgIpc) is 2.44. The van der Waals surface area contributed by atoms with Gasteiger partial charge in [0.25, 0.3) is 0 Å². The van der Waals surface area contributed by atoms with Gasteiger partial charge in [0.1, 0.15) is 4.62 Å². The van der Waals surface area contributed by atoms with Crippen molar-refractivity contribution in [1.82, 2.24) is 4.90 Å². The standard InChI is InChI=1S/C11H11BrN2/c1-14(2)7-10-8-5-3-4-6-9(8)11(12)13-10/h3-7H,1-2H3/b10-7-. The first kappa shape index (κ1) is 9.46. The van der Waals surface area contributed by atoms with E-state index in [1.807, 2.05) is 37.3 Å². The third kappa shape index (κ3) is 1.60. The van der Waals surface area contributed by atoms with Crippen molar-refractivity contribution >= 4 is 26.2 Å². The fourth-order valence-corrected chi connectivity index (χ4v) is 1.99. The third-order valence-electron chi connectivity index (χ3n) is 2.02. The summed E-state index contributed by atoms with van der Waals surface area (Å²) in [4.78, 5) is 6.45. The fourth-order valence-electron chi connectivity index (χ4n) is 1.46. The lowest BCUT2D eigenvalue weighted by molar-refractivity contribution is 0.565. The molecule has 1 heterocycles. The molecule has 1 aliphatic heterocycles. The zero-order chi connectivity index (χ0) is 10.1. The maximum atomic E-state index is 4.45. The molecule has 2 rings (SSSR count). The SMILES string of the molecule is CN(C)/C=C1\N=C(Br)c2ccccc21. The lowest BCUT2D eigenvalue weighted by atomic mass is 10.1. The van der Waals surface area contributed by atoms with E-state index in [0.29, 0.717) is 0 Å². The van der Waals surface area contributed by atoms with Crippen LogP contribution in [0, 0.1) is 0 Å². The minimum Gasteiger partial charge on any atom is -0.382 e. The molecule has 14 heavy (non-hydrogen) atoms. The van der Waals surface area contributed by atoms with E-state index in [1.54, 1.807) is 0 Å². The molecule has 0 atom stereocenters. The summed E-state index contributed by atoms with van der Waals surface area (Å²) in [7, 11) is 3.99. The highest BCUT2D eigenvalue weighted by Gasteiger charge is 2.17. The summed E-state index contributed by atoms with van der Waals surface area (Å²) < 4.78 is 0.918. The quantitative estimate of drug-likeness (QED) is 0.749. The highest BCUT2D eigenvalue weighted by molar-refractivity contribution is 9.18. The van der Waals surface area contributed by atoms with E-state index in [1.165, 1.54) is 11.1 Å². The van der Waals surface area contributed by atoms with Crippen LogP contribution in [0.1, 0.15) is 11.1 Å². The Bertz CT molecular complexity index is 419. The molecule has 2 nitrogen and oxygen atoms in total. The van der Waals surface area contributed by atoms with Crippen LogP contribution in [0.2, 0.25) is 0 Å². The average molecular weight is 251 g/mol. The number of hydrogen-bond acceptors (Lipinski definition) is 2. The molecule has 1 aromatic rings. The Morgan fingerprint density at radius 2 is 1.86 bits per heavy atom. The van der Waals surface area contributed by atoms with Crippen molar-refractivity contribution in [2.75, 3.05) is 14.1 Å². The van der Waals surface area contributed by atoms with E-state index in [2.05, 4.69) is 33.1 Å². The Labute approximate surface area is 92.1 Å². The van der Waals surface area contributed by atoms with Crippen molar-refractivity contribution in [3.63, 3.8) is 0 Å². The van der Waals surface area contributed by atoms with Crippen molar-refractivity contribution in [1.29, 1.82) is 0 Å². The van der Waals surface area contributed by atoms with Gasteiger partial charge in [-0.05, 0) is 15.9 Å². The molecule has 1 aliphatic rings. The second kappa shape index (κ2) is 3.58. The van der Waals surface area contributed by atoms with Gasteiger partial charge in [-0.1, -0.05) is 24.3 Å². The van der Waals surface area contributed by atoms with Gasteiger partial charge < -0.3 is 4.90 Å². The largest absolute Gasteiger partial charge is 0.382 e. The molecular weight excluding hydrogens is 240 g/mol. The lowest BCUT2D eigenvalue weighted by Crippen LogP contribution is -2.01. The van der Waals surface area contributed by atoms with E-state index >= 15 is 0 Å². The summed E-state index contributed by atoms with van der Waals surface area (Å²) in [6.45, 7) is 0. The highest BCUT2D eigenvalue weighted by atomic mass is 79.9. The molecule has 0 amide bonds. The van der Waals surface area contributed by atoms with Gasteiger partial charge in [0.15, 0.2) is 0 Å². The van der Waals surface area contributed by atoms with E-state index in [0.717, 1.165) is 10.3 Å². The van der Waals surface area contributed by atoms with Crippen molar-refractivity contribution < 1.29 is 0 Å². The van der Waals surface area contributed by atoms with Crippen molar-refractivity contribution in [2.24, 2.45) is 4.99 Å². The van der Waals surface area contributed by atoms with Crippen molar-refractivity contribution in [3.05, 3.63) is 41.6 Å². The molecule has 0 aromatic heterocycles. The molecule has 0 saturated heterocycles. The summed E-state index contributed by atoms with van der Waals surface area (Å²) in [5, 5.41) is 0. The maximum absolute atomic E-state index is 4.45. The Hall–Kier alpha value is -1.09. The summed E-state index contributed by atoms with van der Waals surface area (Å²) in [5.41, 5.74) is 3.37. The molecule has 0 bridgehead atoms. The molecule has 0 radical (unpaired) electrons. The molecule has 3 heteroatoms. The molecule has 0 N–H and O–H groups in total. The zero-order valence-electron chi connectivity index (χ0n) is 8.16. The summed E-state index contributed by atoms with van der Waals surface area (Å²) >= 11 is 3.46. The number of hydrogen-bond donors (Lipinski definition) is 0. The van der Waals surface area contributed by atoms with Gasteiger partial charge in [-0.2, -0.15) is 0 Å². The van der Waals surface area contributed by atoms with Gasteiger partial charge in [-0.25, -0.2) is 4.99 Å². The monoisotopic (exact) mass is 250 g/mol. The summed E-state index contributed by atoms with van der Waals surface area (Å²) in [6.07, 6.45) is 2.02. The third-order valence-corrected chi connectivity index (χ3v) is 2.63. The van der Waals surface area contributed by atoms with Crippen molar-refractivity contribution in [3.8, 4) is 0 Å². The van der Waals surface area contributed by atoms with Crippen LogP contribution >= 0.6 is 15.9 Å². The zero-order valence-corrected chi connectivity index (χ0v) is 9.75. The predicted molar refractivity (Wildman–Crippen MR) is 63.6 cm³/mol. The van der Waals surface area contributed by atoms with Crippen LogP contribution in [0.25, 0.3) is 5.70 Å². The van der Waals surface area contributed by atoms with Crippen LogP contribution in [0.15, 0.2) is 35.5 Å². The first-order chi connectivity index (χ1) is 6.68. The van der Waals surface area contributed by atoms with E-state index in [9.17, 15) is 0 Å². The summed E-state index contributed by atoms with van der Waals surface area (Å²) in [6, 6.07) is 8.21. The van der Waals surface area contributed by atoms with Crippen LogP contribution in [-0.2, 0) is 0 Å². The number of aliphatic imine (C=N–C) groups is 1. The molecule has 0 saturated carbocycles. The normalized spacial score (nSPS) is 16.8. The van der Waals surface area contributed by atoms with Gasteiger partial charge in [0.05, 0.1) is 5.70 Å². The van der Waals surface area contributed by atoms with Gasteiger partial charge in [-0.15, -0.1) is 0 Å². The predicted octanol–water partition coefficient (Wildman–Crippen LogP) is 2.70. The number of rotatable bonds is 1. The van der Waals surface area contributed by atoms with Crippen molar-refractivity contribution in [2.45, 2.75) is 0 Å². The van der Waals surface area contributed by atoms with E-state index in [-0.39, 0.29) is 0 Å². The van der Waals surface area contributed by atoms with Crippen LogP contribution in [0.4, 0.5) is 0 Å². The van der Waals surface area contributed by atoms with Gasteiger partial charge in [0.2, 0.25) is 0 Å². The van der Waals surface area contributed by atoms with Crippen LogP contribution < -0.4 is 0 Å². The minimum atomic E-state index is 0.918. The molecule has 1 aromatic carbocycles. The first-order valence-electron chi connectivity index (χ1n) is 4.40. The molecule has 0 fully saturated rings. The molecule has 72 valence electrons. The second-order valence-electron chi connectivity index (χ2n) is 3.43. The molecular formula is C11H11BrN2. The first-order valence-corrected chi connectivity index (χ1v) is 5.20. The van der Waals surface area contributed by atoms with Crippen LogP contribution in [0.3, 0.4) is 0 Å². The highest BCUT2D eigenvalue weighted by Crippen LogP contribution is 2.30. The Balaban J connectivity index is 2.52. The smallest absolute Gasteiger partial charge is 0.114 e. The summed E-state index contributed by atoms with van der Waals surface area (Å²) in [5.74, 6) is 0. The Morgan fingerprint density at radius 1 is 1.21 bits per heavy atom. The lowest BCUT2D eigenvalue weighted by Gasteiger charge is -2.05. The fraction of sp³-hybridized carbons (Fsp3) is 0.182. The van der Waals surface area contributed by atoms with Gasteiger partial charge in [0, 0.05) is 31.4 Å². The second-order valence-corrected chi connectivity index (χ2v) is 4.18. The molecule has 0 aliphatic carbocycles. The van der Waals surface area contributed by atoms with E-state index < -0.39 is 0 Å².